The number of hydrogen-bond acceptors (Lipinski definition) is 4. The van der Waals surface area contributed by atoms with Gasteiger partial charge in [-0.3, -0.25) is 9.80 Å². The molecule has 1 N–H and O–H groups in total. The van der Waals surface area contributed by atoms with Crippen LogP contribution in [0.2, 0.25) is 5.02 Å². The number of nitrogens with zero attached hydrogens (tertiary/aromatic N) is 2. The minimum absolute atomic E-state index is 0.250. The van der Waals surface area contributed by atoms with Gasteiger partial charge in [-0.1, -0.05) is 11.6 Å². The van der Waals surface area contributed by atoms with Gasteiger partial charge in [0.15, 0.2) is 0 Å². The molecule has 0 atom stereocenters. The summed E-state index contributed by atoms with van der Waals surface area (Å²) < 4.78 is 5.68. The van der Waals surface area contributed by atoms with Gasteiger partial charge in [-0.05, 0) is 24.3 Å². The van der Waals surface area contributed by atoms with Gasteiger partial charge in [0.25, 0.3) is 0 Å². The fourth-order valence-corrected chi connectivity index (χ4v) is 2.33. The maximum absolute atomic E-state index is 8.89. The summed E-state index contributed by atoms with van der Waals surface area (Å²) in [6.07, 6.45) is 0. The fourth-order valence-electron chi connectivity index (χ4n) is 2.20. The minimum atomic E-state index is 0.250. The molecular formula is C14H21ClN2O2. The number of ether oxygens (including phenoxy) is 1. The normalized spacial score (nSPS) is 17.6. The molecule has 4 nitrogen and oxygen atoms in total. The number of rotatable bonds is 6. The van der Waals surface area contributed by atoms with Crippen molar-refractivity contribution in [2.75, 3.05) is 52.5 Å². The lowest BCUT2D eigenvalue weighted by molar-refractivity contribution is 0.102. The summed E-state index contributed by atoms with van der Waals surface area (Å²) >= 11 is 5.82. The van der Waals surface area contributed by atoms with Crippen LogP contribution in [0.3, 0.4) is 0 Å². The van der Waals surface area contributed by atoms with E-state index in [4.69, 9.17) is 21.4 Å². The minimum Gasteiger partial charge on any atom is -0.492 e. The van der Waals surface area contributed by atoms with Gasteiger partial charge in [0, 0.05) is 44.3 Å². The van der Waals surface area contributed by atoms with Crippen molar-refractivity contribution in [1.82, 2.24) is 9.80 Å². The van der Waals surface area contributed by atoms with E-state index < -0.39 is 0 Å². The van der Waals surface area contributed by atoms with E-state index in [1.54, 1.807) is 0 Å². The van der Waals surface area contributed by atoms with Crippen LogP contribution in [0.4, 0.5) is 0 Å². The van der Waals surface area contributed by atoms with Gasteiger partial charge in [-0.15, -0.1) is 0 Å². The number of benzene rings is 1. The Labute approximate surface area is 119 Å². The molecule has 0 aliphatic carbocycles. The predicted octanol–water partition coefficient (Wildman–Crippen LogP) is 1.33. The van der Waals surface area contributed by atoms with E-state index in [1.165, 1.54) is 0 Å². The number of β-amino-alcohol motifs (C(OH)–C–C–N with tert-alkyl or cyclic N) is 1. The van der Waals surface area contributed by atoms with Crippen LogP contribution in [0.5, 0.6) is 5.75 Å². The van der Waals surface area contributed by atoms with Gasteiger partial charge in [0.2, 0.25) is 0 Å². The van der Waals surface area contributed by atoms with Crippen molar-refractivity contribution < 1.29 is 9.84 Å². The van der Waals surface area contributed by atoms with Crippen LogP contribution in [0, 0.1) is 0 Å². The van der Waals surface area contributed by atoms with Gasteiger partial charge in [0.05, 0.1) is 6.61 Å². The first kappa shape index (κ1) is 14.6. The van der Waals surface area contributed by atoms with Crippen molar-refractivity contribution in [1.29, 1.82) is 0 Å². The highest BCUT2D eigenvalue weighted by Crippen LogP contribution is 2.15. The molecule has 0 radical (unpaired) electrons. The molecule has 2 rings (SSSR count). The quantitative estimate of drug-likeness (QED) is 0.855. The molecule has 1 saturated heterocycles. The molecule has 1 heterocycles. The second kappa shape index (κ2) is 7.70. The lowest BCUT2D eigenvalue weighted by Gasteiger charge is -2.34. The Balaban J connectivity index is 1.63. The highest BCUT2D eigenvalue weighted by atomic mass is 35.5. The van der Waals surface area contributed by atoms with Crippen molar-refractivity contribution in [3.8, 4) is 5.75 Å². The Morgan fingerprint density at radius 3 is 2.16 bits per heavy atom. The molecule has 0 bridgehead atoms. The van der Waals surface area contributed by atoms with Crippen LogP contribution in [0.25, 0.3) is 0 Å². The second-order valence-electron chi connectivity index (χ2n) is 4.71. The van der Waals surface area contributed by atoms with E-state index in [-0.39, 0.29) is 6.61 Å². The number of aliphatic hydroxyl groups excluding tert-OH is 1. The molecule has 0 aromatic heterocycles. The average molecular weight is 285 g/mol. The Morgan fingerprint density at radius 2 is 1.58 bits per heavy atom. The number of halogens is 1. The Bertz CT molecular complexity index is 364. The van der Waals surface area contributed by atoms with Gasteiger partial charge >= 0.3 is 0 Å². The maximum atomic E-state index is 8.89. The van der Waals surface area contributed by atoms with E-state index in [0.717, 1.165) is 50.0 Å². The SMILES string of the molecule is OCCN1CCN(CCOc2ccc(Cl)cc2)CC1. The van der Waals surface area contributed by atoms with Crippen LogP contribution in [0.15, 0.2) is 24.3 Å². The molecule has 5 heteroatoms. The molecule has 0 spiro atoms. The average Bonchev–Trinajstić information content (AvgIpc) is 2.43. The Morgan fingerprint density at radius 1 is 1.00 bits per heavy atom. The molecule has 0 unspecified atom stereocenters. The van der Waals surface area contributed by atoms with Crippen molar-refractivity contribution in [3.05, 3.63) is 29.3 Å². The molecule has 1 aromatic carbocycles. The third kappa shape index (κ3) is 4.99. The summed E-state index contributed by atoms with van der Waals surface area (Å²) in [5.41, 5.74) is 0. The monoisotopic (exact) mass is 284 g/mol. The van der Waals surface area contributed by atoms with Crippen molar-refractivity contribution in [2.24, 2.45) is 0 Å². The molecule has 0 amide bonds. The van der Waals surface area contributed by atoms with Gasteiger partial charge in [-0.2, -0.15) is 0 Å². The predicted molar refractivity (Wildman–Crippen MR) is 76.9 cm³/mol. The first-order chi connectivity index (χ1) is 9.28. The van der Waals surface area contributed by atoms with E-state index in [0.29, 0.717) is 6.61 Å². The van der Waals surface area contributed by atoms with E-state index >= 15 is 0 Å². The van der Waals surface area contributed by atoms with Crippen LogP contribution >= 0.6 is 11.6 Å². The molecule has 106 valence electrons. The zero-order chi connectivity index (χ0) is 13.5. The molecule has 1 aliphatic rings. The number of hydrogen-bond donors (Lipinski definition) is 1. The van der Waals surface area contributed by atoms with E-state index in [2.05, 4.69) is 9.80 Å². The number of aliphatic hydroxyl groups is 1. The molecule has 1 fully saturated rings. The summed E-state index contributed by atoms with van der Waals surface area (Å²) in [5, 5.41) is 9.62. The van der Waals surface area contributed by atoms with Crippen LogP contribution in [-0.2, 0) is 0 Å². The lowest BCUT2D eigenvalue weighted by Crippen LogP contribution is -2.48. The van der Waals surface area contributed by atoms with Gasteiger partial charge < -0.3 is 9.84 Å². The Kier molecular flexibility index (Phi) is 5.92. The zero-order valence-electron chi connectivity index (χ0n) is 11.1. The molecule has 1 aliphatic heterocycles. The van der Waals surface area contributed by atoms with Crippen molar-refractivity contribution in [2.45, 2.75) is 0 Å². The van der Waals surface area contributed by atoms with Crippen molar-refractivity contribution >= 4 is 11.6 Å². The smallest absolute Gasteiger partial charge is 0.119 e. The summed E-state index contributed by atoms with van der Waals surface area (Å²) in [6.45, 7) is 6.82. The third-order valence-corrected chi connectivity index (χ3v) is 3.62. The van der Waals surface area contributed by atoms with Gasteiger partial charge in [0.1, 0.15) is 12.4 Å². The molecule has 19 heavy (non-hydrogen) atoms. The highest BCUT2D eigenvalue weighted by Gasteiger charge is 2.15. The van der Waals surface area contributed by atoms with Crippen LogP contribution in [0.1, 0.15) is 0 Å². The second-order valence-corrected chi connectivity index (χ2v) is 5.15. The van der Waals surface area contributed by atoms with Gasteiger partial charge in [-0.25, -0.2) is 0 Å². The standard InChI is InChI=1S/C14H21ClN2O2/c15-13-1-3-14(4-2-13)19-12-10-17-7-5-16(6-8-17)9-11-18/h1-4,18H,5-12H2. The first-order valence-corrected chi connectivity index (χ1v) is 7.09. The summed E-state index contributed by atoms with van der Waals surface area (Å²) in [5.74, 6) is 0.864. The summed E-state index contributed by atoms with van der Waals surface area (Å²) in [6, 6.07) is 7.46. The van der Waals surface area contributed by atoms with E-state index in [1.807, 2.05) is 24.3 Å². The Hall–Kier alpha value is -0.810. The summed E-state index contributed by atoms with van der Waals surface area (Å²) in [7, 11) is 0. The molecule has 1 aromatic rings. The van der Waals surface area contributed by atoms with E-state index in [9.17, 15) is 0 Å². The lowest BCUT2D eigenvalue weighted by atomic mass is 10.3. The fraction of sp³-hybridized carbons (Fsp3) is 0.571. The molecular weight excluding hydrogens is 264 g/mol. The first-order valence-electron chi connectivity index (χ1n) is 6.72. The number of piperazine rings is 1. The van der Waals surface area contributed by atoms with Crippen molar-refractivity contribution in [3.63, 3.8) is 0 Å². The largest absolute Gasteiger partial charge is 0.492 e. The highest BCUT2D eigenvalue weighted by molar-refractivity contribution is 6.30. The summed E-state index contributed by atoms with van der Waals surface area (Å²) in [4.78, 5) is 4.68. The molecule has 0 saturated carbocycles. The zero-order valence-corrected chi connectivity index (χ0v) is 11.9. The maximum Gasteiger partial charge on any atom is 0.119 e. The third-order valence-electron chi connectivity index (χ3n) is 3.37. The van der Waals surface area contributed by atoms with Crippen LogP contribution < -0.4 is 4.74 Å². The van der Waals surface area contributed by atoms with Crippen LogP contribution in [-0.4, -0.2) is 67.4 Å². The topological polar surface area (TPSA) is 35.9 Å².